The predicted octanol–water partition coefficient (Wildman–Crippen LogP) is 3.90. The SMILES string of the molecule is N#Cc1ccc(Sc2nc3ccc(N)cc3s2)cc1. The summed E-state index contributed by atoms with van der Waals surface area (Å²) in [6.45, 7) is 0. The summed E-state index contributed by atoms with van der Waals surface area (Å²) in [7, 11) is 0. The fraction of sp³-hybridized carbons (Fsp3) is 0. The quantitative estimate of drug-likeness (QED) is 0.724. The van der Waals surface area contributed by atoms with Crippen molar-refractivity contribution in [1.29, 1.82) is 5.26 Å². The van der Waals surface area contributed by atoms with Crippen molar-refractivity contribution < 1.29 is 0 Å². The third-order valence-corrected chi connectivity index (χ3v) is 4.67. The summed E-state index contributed by atoms with van der Waals surface area (Å²) in [4.78, 5) is 5.63. The third kappa shape index (κ3) is 2.55. The van der Waals surface area contributed by atoms with E-state index in [-0.39, 0.29) is 0 Å². The van der Waals surface area contributed by atoms with E-state index in [0.29, 0.717) is 5.56 Å². The maximum atomic E-state index is 8.76. The average Bonchev–Trinajstić information content (AvgIpc) is 2.81. The Morgan fingerprint density at radius 1 is 1.16 bits per heavy atom. The first-order chi connectivity index (χ1) is 9.24. The Bertz CT molecular complexity index is 769. The Kier molecular flexibility index (Phi) is 3.11. The highest BCUT2D eigenvalue weighted by Crippen LogP contribution is 2.34. The summed E-state index contributed by atoms with van der Waals surface area (Å²) in [6, 6.07) is 15.3. The lowest BCUT2D eigenvalue weighted by Crippen LogP contribution is -1.81. The van der Waals surface area contributed by atoms with Gasteiger partial charge in [0.05, 0.1) is 21.8 Å². The molecule has 1 aromatic heterocycles. The topological polar surface area (TPSA) is 62.7 Å². The molecule has 0 saturated heterocycles. The van der Waals surface area contributed by atoms with Gasteiger partial charge in [-0.2, -0.15) is 5.26 Å². The van der Waals surface area contributed by atoms with Crippen LogP contribution in [0.5, 0.6) is 0 Å². The molecule has 1 heterocycles. The minimum Gasteiger partial charge on any atom is -0.399 e. The lowest BCUT2D eigenvalue weighted by atomic mass is 10.2. The number of nitriles is 1. The molecule has 0 saturated carbocycles. The van der Waals surface area contributed by atoms with Crippen molar-refractivity contribution in [3.63, 3.8) is 0 Å². The molecule has 0 amide bonds. The van der Waals surface area contributed by atoms with Crippen LogP contribution in [0.2, 0.25) is 0 Å². The smallest absolute Gasteiger partial charge is 0.155 e. The minimum absolute atomic E-state index is 0.668. The average molecular weight is 283 g/mol. The van der Waals surface area contributed by atoms with Crippen LogP contribution in [0.25, 0.3) is 10.2 Å². The number of nitrogen functional groups attached to an aromatic ring is 1. The number of aromatic nitrogens is 1. The van der Waals surface area contributed by atoms with Gasteiger partial charge in [-0.1, -0.05) is 11.8 Å². The number of benzene rings is 2. The van der Waals surface area contributed by atoms with Gasteiger partial charge in [0.25, 0.3) is 0 Å². The Balaban J connectivity index is 1.90. The van der Waals surface area contributed by atoms with Gasteiger partial charge in [0.1, 0.15) is 0 Å². The van der Waals surface area contributed by atoms with Crippen molar-refractivity contribution in [2.75, 3.05) is 5.73 Å². The second-order valence-electron chi connectivity index (χ2n) is 3.95. The van der Waals surface area contributed by atoms with E-state index < -0.39 is 0 Å². The van der Waals surface area contributed by atoms with Gasteiger partial charge in [0.15, 0.2) is 4.34 Å². The Hall–Kier alpha value is -2.03. The van der Waals surface area contributed by atoms with Crippen molar-refractivity contribution in [2.24, 2.45) is 0 Å². The van der Waals surface area contributed by atoms with Gasteiger partial charge < -0.3 is 5.73 Å². The molecule has 3 aromatic rings. The van der Waals surface area contributed by atoms with Crippen molar-refractivity contribution in [3.05, 3.63) is 48.0 Å². The van der Waals surface area contributed by atoms with Gasteiger partial charge in [-0.3, -0.25) is 0 Å². The van der Waals surface area contributed by atoms with Crippen LogP contribution in [0.1, 0.15) is 5.56 Å². The van der Waals surface area contributed by atoms with E-state index in [0.717, 1.165) is 25.1 Å². The summed E-state index contributed by atoms with van der Waals surface area (Å²) < 4.78 is 2.07. The molecule has 0 radical (unpaired) electrons. The summed E-state index contributed by atoms with van der Waals surface area (Å²) in [5.41, 5.74) is 8.15. The zero-order valence-corrected chi connectivity index (χ0v) is 11.5. The number of fused-ring (bicyclic) bond motifs is 1. The van der Waals surface area contributed by atoms with Crippen LogP contribution >= 0.6 is 23.1 Å². The highest BCUT2D eigenvalue weighted by atomic mass is 32.2. The first kappa shape index (κ1) is 12.0. The second-order valence-corrected chi connectivity index (χ2v) is 6.30. The number of thiazole rings is 1. The van der Waals surface area contributed by atoms with E-state index in [4.69, 9.17) is 11.0 Å². The van der Waals surface area contributed by atoms with Gasteiger partial charge in [0, 0.05) is 10.6 Å². The maximum absolute atomic E-state index is 8.76. The molecule has 0 bridgehead atoms. The third-order valence-electron chi connectivity index (χ3n) is 2.58. The summed E-state index contributed by atoms with van der Waals surface area (Å²) in [6.07, 6.45) is 0. The molecule has 19 heavy (non-hydrogen) atoms. The molecule has 3 nitrogen and oxygen atoms in total. The fourth-order valence-corrected chi connectivity index (χ4v) is 3.75. The minimum atomic E-state index is 0.668. The van der Waals surface area contributed by atoms with E-state index in [2.05, 4.69) is 11.1 Å². The molecular weight excluding hydrogens is 274 g/mol. The molecule has 2 N–H and O–H groups in total. The van der Waals surface area contributed by atoms with Crippen LogP contribution in [-0.2, 0) is 0 Å². The van der Waals surface area contributed by atoms with Crippen LogP contribution in [-0.4, -0.2) is 4.98 Å². The predicted molar refractivity (Wildman–Crippen MR) is 79.3 cm³/mol. The van der Waals surface area contributed by atoms with Crippen molar-refractivity contribution >= 4 is 39.0 Å². The molecule has 0 spiro atoms. The fourth-order valence-electron chi connectivity index (χ4n) is 1.66. The molecule has 2 aromatic carbocycles. The molecule has 0 aliphatic rings. The summed E-state index contributed by atoms with van der Waals surface area (Å²) >= 11 is 3.22. The van der Waals surface area contributed by atoms with Crippen LogP contribution in [0.4, 0.5) is 5.69 Å². The standard InChI is InChI=1S/C14H9N3S2/c15-8-9-1-4-11(5-2-9)18-14-17-12-6-3-10(16)7-13(12)19-14/h1-7H,16H2. The molecule has 3 rings (SSSR count). The van der Waals surface area contributed by atoms with Gasteiger partial charge in [-0.05, 0) is 42.5 Å². The zero-order chi connectivity index (χ0) is 13.2. The van der Waals surface area contributed by atoms with E-state index >= 15 is 0 Å². The van der Waals surface area contributed by atoms with Crippen LogP contribution in [0.3, 0.4) is 0 Å². The first-order valence-electron chi connectivity index (χ1n) is 5.59. The summed E-state index contributed by atoms with van der Waals surface area (Å²) in [5.74, 6) is 0. The van der Waals surface area contributed by atoms with Crippen LogP contribution < -0.4 is 5.73 Å². The molecule has 0 unspecified atom stereocenters. The van der Waals surface area contributed by atoms with Crippen molar-refractivity contribution in [2.45, 2.75) is 9.24 Å². The normalized spacial score (nSPS) is 10.5. The molecule has 0 fully saturated rings. The number of rotatable bonds is 2. The number of anilines is 1. The molecule has 0 atom stereocenters. The van der Waals surface area contributed by atoms with Gasteiger partial charge in [-0.25, -0.2) is 4.98 Å². The number of hydrogen-bond donors (Lipinski definition) is 1. The van der Waals surface area contributed by atoms with Crippen molar-refractivity contribution in [1.82, 2.24) is 4.98 Å². The van der Waals surface area contributed by atoms with Crippen LogP contribution in [0.15, 0.2) is 51.7 Å². The van der Waals surface area contributed by atoms with Crippen molar-refractivity contribution in [3.8, 4) is 6.07 Å². The lowest BCUT2D eigenvalue weighted by molar-refractivity contribution is 1.29. The van der Waals surface area contributed by atoms with Gasteiger partial charge in [-0.15, -0.1) is 11.3 Å². The highest BCUT2D eigenvalue weighted by Gasteiger charge is 2.06. The number of nitrogens with two attached hydrogens (primary N) is 1. The maximum Gasteiger partial charge on any atom is 0.155 e. The monoisotopic (exact) mass is 283 g/mol. The van der Waals surface area contributed by atoms with E-state index in [1.807, 2.05) is 42.5 Å². The Morgan fingerprint density at radius 2 is 1.95 bits per heavy atom. The van der Waals surface area contributed by atoms with Crippen LogP contribution in [0, 0.1) is 11.3 Å². The Morgan fingerprint density at radius 3 is 2.68 bits per heavy atom. The van der Waals surface area contributed by atoms with Gasteiger partial charge >= 0.3 is 0 Å². The van der Waals surface area contributed by atoms with E-state index in [1.165, 1.54) is 0 Å². The zero-order valence-electron chi connectivity index (χ0n) is 9.83. The molecule has 0 aliphatic heterocycles. The Labute approximate surface area is 118 Å². The summed E-state index contributed by atoms with van der Waals surface area (Å²) in [5, 5.41) is 8.76. The lowest BCUT2D eigenvalue weighted by Gasteiger charge is -1.96. The highest BCUT2D eigenvalue weighted by molar-refractivity contribution is 8.01. The molecular formula is C14H9N3S2. The molecule has 5 heteroatoms. The van der Waals surface area contributed by atoms with E-state index in [9.17, 15) is 0 Å². The molecule has 92 valence electrons. The first-order valence-corrected chi connectivity index (χ1v) is 7.22. The number of hydrogen-bond acceptors (Lipinski definition) is 5. The second kappa shape index (κ2) is 4.92. The van der Waals surface area contributed by atoms with Gasteiger partial charge in [0.2, 0.25) is 0 Å². The molecule has 0 aliphatic carbocycles. The number of nitrogens with zero attached hydrogens (tertiary/aromatic N) is 2. The van der Waals surface area contributed by atoms with E-state index in [1.54, 1.807) is 23.1 Å². The largest absolute Gasteiger partial charge is 0.399 e.